The molecule has 0 saturated heterocycles. The lowest BCUT2D eigenvalue weighted by molar-refractivity contribution is 0.353. The van der Waals surface area contributed by atoms with Gasteiger partial charge in [0.1, 0.15) is 0 Å². The molecule has 0 atom stereocenters. The highest BCUT2D eigenvalue weighted by molar-refractivity contribution is 5.51. The van der Waals surface area contributed by atoms with Gasteiger partial charge in [-0.15, -0.1) is 0 Å². The molecule has 0 bridgehead atoms. The van der Waals surface area contributed by atoms with Gasteiger partial charge in [-0.05, 0) is 25.0 Å². The van der Waals surface area contributed by atoms with Gasteiger partial charge in [0.05, 0.1) is 6.54 Å². The molecule has 0 fully saturated rings. The summed E-state index contributed by atoms with van der Waals surface area (Å²) in [5, 5.41) is 7.34. The van der Waals surface area contributed by atoms with Gasteiger partial charge in [-0.3, -0.25) is 4.98 Å². The third-order valence-electron chi connectivity index (χ3n) is 2.92. The molecule has 2 aromatic heterocycles. The van der Waals surface area contributed by atoms with Crippen molar-refractivity contribution < 1.29 is 4.52 Å². The SMILES string of the molecule is CCC(CC)NCc1nc(-c2cccnc2)no1. The summed E-state index contributed by atoms with van der Waals surface area (Å²) in [5.41, 5.74) is 0.870. The minimum Gasteiger partial charge on any atom is -0.338 e. The predicted octanol–water partition coefficient (Wildman–Crippen LogP) is 2.41. The van der Waals surface area contributed by atoms with E-state index in [2.05, 4.69) is 34.3 Å². The lowest BCUT2D eigenvalue weighted by Crippen LogP contribution is -2.27. The molecule has 5 heteroatoms. The van der Waals surface area contributed by atoms with Crippen LogP contribution in [0.3, 0.4) is 0 Å². The highest BCUT2D eigenvalue weighted by atomic mass is 16.5. The van der Waals surface area contributed by atoms with Gasteiger partial charge in [0, 0.05) is 24.0 Å². The molecule has 2 aromatic rings. The molecule has 0 spiro atoms. The van der Waals surface area contributed by atoms with Crippen molar-refractivity contribution in [1.29, 1.82) is 0 Å². The smallest absolute Gasteiger partial charge is 0.240 e. The van der Waals surface area contributed by atoms with Gasteiger partial charge in [-0.2, -0.15) is 4.98 Å². The van der Waals surface area contributed by atoms with Crippen LogP contribution in [0.15, 0.2) is 29.0 Å². The van der Waals surface area contributed by atoms with E-state index in [1.54, 1.807) is 12.4 Å². The van der Waals surface area contributed by atoms with Crippen LogP contribution in [0.1, 0.15) is 32.6 Å². The van der Waals surface area contributed by atoms with E-state index >= 15 is 0 Å². The number of rotatable bonds is 6. The van der Waals surface area contributed by atoms with Crippen molar-refractivity contribution >= 4 is 0 Å². The predicted molar refractivity (Wildman–Crippen MR) is 68.7 cm³/mol. The summed E-state index contributed by atoms with van der Waals surface area (Å²) in [6, 6.07) is 4.27. The first-order valence-electron chi connectivity index (χ1n) is 6.29. The Balaban J connectivity index is 1.98. The van der Waals surface area contributed by atoms with Crippen LogP contribution in [0, 0.1) is 0 Å². The fourth-order valence-electron chi connectivity index (χ4n) is 1.75. The number of hydrogen-bond donors (Lipinski definition) is 1. The normalized spacial score (nSPS) is 11.1. The molecule has 0 aromatic carbocycles. The monoisotopic (exact) mass is 246 g/mol. The van der Waals surface area contributed by atoms with Crippen LogP contribution >= 0.6 is 0 Å². The van der Waals surface area contributed by atoms with Crippen molar-refractivity contribution in [3.8, 4) is 11.4 Å². The Hall–Kier alpha value is -1.75. The zero-order valence-corrected chi connectivity index (χ0v) is 10.8. The van der Waals surface area contributed by atoms with E-state index in [1.165, 1.54) is 0 Å². The van der Waals surface area contributed by atoms with E-state index in [-0.39, 0.29) is 0 Å². The van der Waals surface area contributed by atoms with E-state index in [1.807, 2.05) is 12.1 Å². The maximum absolute atomic E-state index is 5.21. The van der Waals surface area contributed by atoms with Gasteiger partial charge < -0.3 is 9.84 Å². The van der Waals surface area contributed by atoms with Crippen LogP contribution < -0.4 is 5.32 Å². The van der Waals surface area contributed by atoms with Crippen molar-refractivity contribution in [2.45, 2.75) is 39.3 Å². The van der Waals surface area contributed by atoms with E-state index < -0.39 is 0 Å². The molecule has 0 aliphatic rings. The standard InChI is InChI=1S/C13H18N4O/c1-3-11(4-2)15-9-12-16-13(17-18-12)10-6-5-7-14-8-10/h5-8,11,15H,3-4,9H2,1-2H3. The minimum atomic E-state index is 0.499. The Morgan fingerprint density at radius 3 is 2.83 bits per heavy atom. The van der Waals surface area contributed by atoms with E-state index in [9.17, 15) is 0 Å². The number of pyridine rings is 1. The van der Waals surface area contributed by atoms with Crippen molar-refractivity contribution in [2.75, 3.05) is 0 Å². The Labute approximate surface area is 107 Å². The second kappa shape index (κ2) is 6.26. The molecule has 0 radical (unpaired) electrons. The molecular weight excluding hydrogens is 228 g/mol. The average molecular weight is 246 g/mol. The lowest BCUT2D eigenvalue weighted by atomic mass is 10.2. The Kier molecular flexibility index (Phi) is 4.41. The zero-order valence-electron chi connectivity index (χ0n) is 10.8. The fourth-order valence-corrected chi connectivity index (χ4v) is 1.75. The van der Waals surface area contributed by atoms with Gasteiger partial charge in [0.25, 0.3) is 0 Å². The van der Waals surface area contributed by atoms with Crippen LogP contribution in [0.4, 0.5) is 0 Å². The summed E-state index contributed by atoms with van der Waals surface area (Å²) in [6.07, 6.45) is 5.64. The van der Waals surface area contributed by atoms with Gasteiger partial charge >= 0.3 is 0 Å². The maximum atomic E-state index is 5.21. The third kappa shape index (κ3) is 3.13. The molecule has 0 unspecified atom stereocenters. The third-order valence-corrected chi connectivity index (χ3v) is 2.92. The molecule has 1 N–H and O–H groups in total. The van der Waals surface area contributed by atoms with Gasteiger partial charge in [0.2, 0.25) is 11.7 Å². The van der Waals surface area contributed by atoms with Crippen LogP contribution in [0.2, 0.25) is 0 Å². The number of nitrogens with one attached hydrogen (secondary N) is 1. The second-order valence-electron chi connectivity index (χ2n) is 4.15. The topological polar surface area (TPSA) is 63.8 Å². The molecule has 0 amide bonds. The fraction of sp³-hybridized carbons (Fsp3) is 0.462. The van der Waals surface area contributed by atoms with Crippen molar-refractivity contribution in [3.63, 3.8) is 0 Å². The summed E-state index contributed by atoms with van der Waals surface area (Å²) in [4.78, 5) is 8.37. The van der Waals surface area contributed by atoms with Crippen LogP contribution in [0.5, 0.6) is 0 Å². The summed E-state index contributed by atoms with van der Waals surface area (Å²) in [7, 11) is 0. The highest BCUT2D eigenvalue weighted by Gasteiger charge is 2.09. The molecule has 0 saturated carbocycles. The quantitative estimate of drug-likeness (QED) is 0.848. The first-order valence-corrected chi connectivity index (χ1v) is 6.29. The van der Waals surface area contributed by atoms with Crippen LogP contribution in [-0.4, -0.2) is 21.2 Å². The van der Waals surface area contributed by atoms with E-state index in [0.29, 0.717) is 24.3 Å². The number of hydrogen-bond acceptors (Lipinski definition) is 5. The molecule has 96 valence electrons. The second-order valence-corrected chi connectivity index (χ2v) is 4.15. The Morgan fingerprint density at radius 1 is 1.33 bits per heavy atom. The van der Waals surface area contributed by atoms with Crippen LogP contribution in [-0.2, 0) is 6.54 Å². The first-order chi connectivity index (χ1) is 8.83. The first kappa shape index (κ1) is 12.7. The largest absolute Gasteiger partial charge is 0.338 e. The average Bonchev–Trinajstić information content (AvgIpc) is 2.90. The summed E-state index contributed by atoms with van der Waals surface area (Å²) >= 11 is 0. The molecular formula is C13H18N4O. The summed E-state index contributed by atoms with van der Waals surface area (Å²) in [6.45, 7) is 4.94. The van der Waals surface area contributed by atoms with Crippen molar-refractivity contribution in [3.05, 3.63) is 30.4 Å². The van der Waals surface area contributed by atoms with E-state index in [0.717, 1.165) is 18.4 Å². The van der Waals surface area contributed by atoms with Crippen molar-refractivity contribution in [1.82, 2.24) is 20.4 Å². The van der Waals surface area contributed by atoms with Crippen LogP contribution in [0.25, 0.3) is 11.4 Å². The zero-order chi connectivity index (χ0) is 12.8. The molecule has 2 rings (SSSR count). The molecule has 18 heavy (non-hydrogen) atoms. The summed E-state index contributed by atoms with van der Waals surface area (Å²) < 4.78 is 5.21. The number of aromatic nitrogens is 3. The molecule has 2 heterocycles. The maximum Gasteiger partial charge on any atom is 0.240 e. The van der Waals surface area contributed by atoms with Gasteiger partial charge in [-0.25, -0.2) is 0 Å². The lowest BCUT2D eigenvalue weighted by Gasteiger charge is -2.11. The minimum absolute atomic E-state index is 0.499. The number of nitrogens with zero attached hydrogens (tertiary/aromatic N) is 3. The molecule has 0 aliphatic heterocycles. The Bertz CT molecular complexity index is 465. The summed E-state index contributed by atoms with van der Waals surface area (Å²) in [5.74, 6) is 1.20. The molecule has 0 aliphatic carbocycles. The Morgan fingerprint density at radius 2 is 2.17 bits per heavy atom. The van der Waals surface area contributed by atoms with Crippen molar-refractivity contribution in [2.24, 2.45) is 0 Å². The molecule has 5 nitrogen and oxygen atoms in total. The van der Waals surface area contributed by atoms with E-state index in [4.69, 9.17) is 4.52 Å². The van der Waals surface area contributed by atoms with Gasteiger partial charge in [0.15, 0.2) is 0 Å². The highest BCUT2D eigenvalue weighted by Crippen LogP contribution is 2.13. The van der Waals surface area contributed by atoms with Gasteiger partial charge in [-0.1, -0.05) is 19.0 Å².